The average Bonchev–Trinajstić information content (AvgIpc) is 2.24. The maximum Gasteiger partial charge on any atom is 0.336 e. The van der Waals surface area contributed by atoms with Gasteiger partial charge in [-0.1, -0.05) is 26.8 Å². The number of hydrogen-bond donors (Lipinski definition) is 1. The summed E-state index contributed by atoms with van der Waals surface area (Å²) in [6, 6.07) is 3.72. The van der Waals surface area contributed by atoms with E-state index in [4.69, 9.17) is 9.84 Å². The van der Waals surface area contributed by atoms with Gasteiger partial charge >= 0.3 is 5.97 Å². The van der Waals surface area contributed by atoms with E-state index in [-0.39, 0.29) is 17.6 Å². The Balaban J connectivity index is 2.59. The van der Waals surface area contributed by atoms with E-state index in [0.29, 0.717) is 12.2 Å². The smallest absolute Gasteiger partial charge is 0.336 e. The minimum Gasteiger partial charge on any atom is -0.478 e. The highest BCUT2D eigenvalue weighted by Crippen LogP contribution is 2.19. The van der Waals surface area contributed by atoms with Crippen LogP contribution in [0.3, 0.4) is 0 Å². The molecule has 0 aliphatic rings. The number of benzene rings is 1. The van der Waals surface area contributed by atoms with Gasteiger partial charge in [0, 0.05) is 6.61 Å². The highest BCUT2D eigenvalue weighted by Gasteiger charge is 2.13. The first kappa shape index (κ1) is 14.6. The number of halogens is 1. The molecule has 0 aliphatic carbocycles. The summed E-state index contributed by atoms with van der Waals surface area (Å²) in [5, 5.41) is 8.95. The molecule has 3 nitrogen and oxygen atoms in total. The largest absolute Gasteiger partial charge is 0.478 e. The summed E-state index contributed by atoms with van der Waals surface area (Å²) in [5.41, 5.74) is 0.641. The molecule has 0 aliphatic heterocycles. The second kappa shape index (κ2) is 5.96. The van der Waals surface area contributed by atoms with Gasteiger partial charge in [-0.3, -0.25) is 0 Å². The van der Waals surface area contributed by atoms with Gasteiger partial charge in [-0.15, -0.1) is 0 Å². The van der Waals surface area contributed by atoms with Crippen molar-refractivity contribution in [2.75, 3.05) is 6.61 Å². The van der Waals surface area contributed by atoms with Crippen LogP contribution in [0.1, 0.15) is 43.1 Å². The SMILES string of the molecule is CC(C)(C)CCOCc1ccc(F)cc1C(=O)O. The summed E-state index contributed by atoms with van der Waals surface area (Å²) in [5.74, 6) is -1.69. The maximum absolute atomic E-state index is 12.9. The fraction of sp³-hybridized carbons (Fsp3) is 0.500. The predicted octanol–water partition coefficient (Wildman–Crippen LogP) is 3.48. The third-order valence-electron chi connectivity index (χ3n) is 2.56. The van der Waals surface area contributed by atoms with Crippen LogP contribution < -0.4 is 0 Å². The van der Waals surface area contributed by atoms with Gasteiger partial charge in [0.2, 0.25) is 0 Å². The minimum atomic E-state index is -1.14. The molecule has 0 saturated heterocycles. The first-order valence-electron chi connectivity index (χ1n) is 5.89. The molecule has 18 heavy (non-hydrogen) atoms. The normalized spacial score (nSPS) is 11.6. The topological polar surface area (TPSA) is 46.5 Å². The van der Waals surface area contributed by atoms with E-state index in [1.54, 1.807) is 0 Å². The van der Waals surface area contributed by atoms with Gasteiger partial charge in [0.1, 0.15) is 5.82 Å². The minimum absolute atomic E-state index is 0.0363. The number of carboxylic acid groups (broad SMARTS) is 1. The molecule has 1 rings (SSSR count). The second-order valence-corrected chi connectivity index (χ2v) is 5.47. The zero-order valence-electron chi connectivity index (χ0n) is 11.0. The molecular formula is C14H19FO3. The molecule has 0 atom stereocenters. The van der Waals surface area contributed by atoms with Crippen molar-refractivity contribution in [2.45, 2.75) is 33.8 Å². The van der Waals surface area contributed by atoms with Crippen molar-refractivity contribution in [3.8, 4) is 0 Å². The van der Waals surface area contributed by atoms with Crippen LogP contribution in [0, 0.1) is 11.2 Å². The number of ether oxygens (including phenoxy) is 1. The molecule has 0 fully saturated rings. The standard InChI is InChI=1S/C14H19FO3/c1-14(2,3)6-7-18-9-10-4-5-11(15)8-12(10)13(16)17/h4-5,8H,6-7,9H2,1-3H3,(H,16,17). The molecule has 1 N–H and O–H groups in total. The van der Waals surface area contributed by atoms with E-state index in [1.807, 2.05) is 0 Å². The summed E-state index contributed by atoms with van der Waals surface area (Å²) < 4.78 is 18.4. The molecule has 0 amide bonds. The van der Waals surface area contributed by atoms with Gasteiger partial charge in [-0.25, -0.2) is 9.18 Å². The zero-order chi connectivity index (χ0) is 13.8. The van der Waals surface area contributed by atoms with Gasteiger partial charge in [-0.05, 0) is 29.5 Å². The molecule has 0 radical (unpaired) electrons. The molecule has 1 aromatic carbocycles. The lowest BCUT2D eigenvalue weighted by molar-refractivity contribution is 0.0680. The summed E-state index contributed by atoms with van der Waals surface area (Å²) in [4.78, 5) is 10.9. The number of hydrogen-bond acceptors (Lipinski definition) is 2. The second-order valence-electron chi connectivity index (χ2n) is 5.47. The van der Waals surface area contributed by atoms with Crippen molar-refractivity contribution < 1.29 is 19.0 Å². The van der Waals surface area contributed by atoms with Crippen LogP contribution in [0.4, 0.5) is 4.39 Å². The summed E-state index contributed by atoms with van der Waals surface area (Å²) in [6.07, 6.45) is 0.886. The van der Waals surface area contributed by atoms with Crippen molar-refractivity contribution in [3.05, 3.63) is 35.1 Å². The third kappa shape index (κ3) is 4.84. The summed E-state index contributed by atoms with van der Waals surface area (Å²) >= 11 is 0. The quantitative estimate of drug-likeness (QED) is 0.818. The lowest BCUT2D eigenvalue weighted by Gasteiger charge is -2.17. The molecule has 0 spiro atoms. The lowest BCUT2D eigenvalue weighted by Crippen LogP contribution is -2.10. The van der Waals surface area contributed by atoms with Crippen molar-refractivity contribution in [1.29, 1.82) is 0 Å². The van der Waals surface area contributed by atoms with Crippen LogP contribution in [0.2, 0.25) is 0 Å². The Labute approximate surface area is 107 Å². The highest BCUT2D eigenvalue weighted by molar-refractivity contribution is 5.89. The molecule has 100 valence electrons. The Hall–Kier alpha value is -1.42. The fourth-order valence-electron chi connectivity index (χ4n) is 1.43. The molecule has 0 heterocycles. The fourth-order valence-corrected chi connectivity index (χ4v) is 1.43. The molecule has 0 bridgehead atoms. The predicted molar refractivity (Wildman–Crippen MR) is 67.1 cm³/mol. The van der Waals surface area contributed by atoms with Crippen LogP contribution in [0.25, 0.3) is 0 Å². The first-order valence-corrected chi connectivity index (χ1v) is 5.89. The molecule has 0 saturated carbocycles. The number of carboxylic acids is 1. The van der Waals surface area contributed by atoms with Crippen molar-refractivity contribution in [3.63, 3.8) is 0 Å². The van der Waals surface area contributed by atoms with Gasteiger partial charge in [-0.2, -0.15) is 0 Å². The van der Waals surface area contributed by atoms with Gasteiger partial charge in [0.25, 0.3) is 0 Å². The van der Waals surface area contributed by atoms with Crippen LogP contribution in [-0.2, 0) is 11.3 Å². The van der Waals surface area contributed by atoms with E-state index < -0.39 is 11.8 Å². The van der Waals surface area contributed by atoms with E-state index in [2.05, 4.69) is 20.8 Å². The van der Waals surface area contributed by atoms with Crippen molar-refractivity contribution in [1.82, 2.24) is 0 Å². The maximum atomic E-state index is 12.9. The summed E-state index contributed by atoms with van der Waals surface area (Å²) in [7, 11) is 0. The lowest BCUT2D eigenvalue weighted by atomic mass is 9.93. The van der Waals surface area contributed by atoms with E-state index in [0.717, 1.165) is 12.5 Å². The average molecular weight is 254 g/mol. The number of aromatic carboxylic acids is 1. The Morgan fingerprint density at radius 1 is 1.39 bits per heavy atom. The number of carbonyl (C=O) groups is 1. The molecule has 0 aromatic heterocycles. The van der Waals surface area contributed by atoms with Gasteiger partial charge in [0.15, 0.2) is 0 Å². The van der Waals surface area contributed by atoms with E-state index in [9.17, 15) is 9.18 Å². The van der Waals surface area contributed by atoms with Gasteiger partial charge < -0.3 is 9.84 Å². The van der Waals surface area contributed by atoms with Crippen LogP contribution in [0.15, 0.2) is 18.2 Å². The van der Waals surface area contributed by atoms with Gasteiger partial charge in [0.05, 0.1) is 12.2 Å². The highest BCUT2D eigenvalue weighted by atomic mass is 19.1. The molecule has 0 unspecified atom stereocenters. The van der Waals surface area contributed by atoms with Crippen LogP contribution in [0.5, 0.6) is 0 Å². The molecule has 1 aromatic rings. The van der Waals surface area contributed by atoms with Crippen molar-refractivity contribution >= 4 is 5.97 Å². The van der Waals surface area contributed by atoms with Crippen LogP contribution >= 0.6 is 0 Å². The Kier molecular flexibility index (Phi) is 4.84. The molecular weight excluding hydrogens is 235 g/mol. The van der Waals surface area contributed by atoms with E-state index >= 15 is 0 Å². The van der Waals surface area contributed by atoms with Crippen LogP contribution in [-0.4, -0.2) is 17.7 Å². The zero-order valence-corrected chi connectivity index (χ0v) is 11.0. The monoisotopic (exact) mass is 254 g/mol. The Bertz CT molecular complexity index is 422. The van der Waals surface area contributed by atoms with Crippen molar-refractivity contribution in [2.24, 2.45) is 5.41 Å². The van der Waals surface area contributed by atoms with E-state index in [1.165, 1.54) is 12.1 Å². The first-order chi connectivity index (χ1) is 8.29. The Morgan fingerprint density at radius 3 is 2.61 bits per heavy atom. The third-order valence-corrected chi connectivity index (χ3v) is 2.56. The Morgan fingerprint density at radius 2 is 2.06 bits per heavy atom. The summed E-state index contributed by atoms with van der Waals surface area (Å²) in [6.45, 7) is 7.07. The number of rotatable bonds is 5. The molecule has 4 heteroatoms.